The Bertz CT molecular complexity index is 532. The maximum atomic E-state index is 13.7. The van der Waals surface area contributed by atoms with Crippen LogP contribution in [0.1, 0.15) is 32.6 Å². The molecule has 0 aliphatic heterocycles. The summed E-state index contributed by atoms with van der Waals surface area (Å²) in [4.78, 5) is -0.436. The lowest BCUT2D eigenvalue weighted by Gasteiger charge is -2.26. The number of sulfonamides is 1. The van der Waals surface area contributed by atoms with Crippen molar-refractivity contribution < 1.29 is 12.8 Å². The zero-order valence-electron chi connectivity index (χ0n) is 10.9. The van der Waals surface area contributed by atoms with Gasteiger partial charge in [0, 0.05) is 6.04 Å². The summed E-state index contributed by atoms with van der Waals surface area (Å²) in [6, 6.07) is 3.76. The summed E-state index contributed by atoms with van der Waals surface area (Å²) in [7, 11) is -3.89. The summed E-state index contributed by atoms with van der Waals surface area (Å²) < 4.78 is 40.6. The Kier molecular flexibility index (Phi) is 4.10. The molecule has 1 aliphatic carbocycles. The minimum atomic E-state index is -3.89. The van der Waals surface area contributed by atoms with Gasteiger partial charge in [0.1, 0.15) is 10.7 Å². The molecule has 0 radical (unpaired) electrons. The van der Waals surface area contributed by atoms with Crippen molar-refractivity contribution in [1.82, 2.24) is 4.72 Å². The maximum Gasteiger partial charge on any atom is 0.245 e. The fourth-order valence-electron chi connectivity index (χ4n) is 2.47. The van der Waals surface area contributed by atoms with Gasteiger partial charge in [0.15, 0.2) is 0 Å². The third-order valence-electron chi connectivity index (χ3n) is 3.60. The number of anilines is 1. The van der Waals surface area contributed by atoms with E-state index in [1.807, 2.05) is 0 Å². The molecule has 1 aliphatic rings. The predicted octanol–water partition coefficient (Wildman–Crippen LogP) is 2.26. The molecular formula is C13H19FN2O2S. The average molecular weight is 286 g/mol. The molecule has 0 aromatic heterocycles. The van der Waals surface area contributed by atoms with Gasteiger partial charge >= 0.3 is 0 Å². The molecule has 0 amide bonds. The van der Waals surface area contributed by atoms with Gasteiger partial charge in [-0.1, -0.05) is 13.0 Å². The van der Waals surface area contributed by atoms with E-state index in [0.29, 0.717) is 5.92 Å². The molecule has 106 valence electrons. The van der Waals surface area contributed by atoms with Crippen LogP contribution in [0.4, 0.5) is 10.1 Å². The number of nitrogen functional groups attached to an aromatic ring is 1. The predicted molar refractivity (Wildman–Crippen MR) is 72.6 cm³/mol. The molecular weight excluding hydrogens is 267 g/mol. The van der Waals surface area contributed by atoms with Crippen molar-refractivity contribution in [2.45, 2.75) is 43.5 Å². The van der Waals surface area contributed by atoms with Crippen molar-refractivity contribution in [3.8, 4) is 0 Å². The van der Waals surface area contributed by atoms with Crippen molar-refractivity contribution >= 4 is 15.7 Å². The van der Waals surface area contributed by atoms with Crippen molar-refractivity contribution in [3.63, 3.8) is 0 Å². The number of halogens is 1. The molecule has 0 unspecified atom stereocenters. The lowest BCUT2D eigenvalue weighted by atomic mass is 9.88. The summed E-state index contributed by atoms with van der Waals surface area (Å²) in [6.07, 6.45) is 3.55. The lowest BCUT2D eigenvalue weighted by molar-refractivity contribution is 0.332. The Balaban J connectivity index is 2.19. The molecule has 0 saturated heterocycles. The minimum absolute atomic E-state index is 0.0586. The van der Waals surface area contributed by atoms with Crippen LogP contribution in [0.15, 0.2) is 23.1 Å². The lowest BCUT2D eigenvalue weighted by Crippen LogP contribution is -2.38. The van der Waals surface area contributed by atoms with E-state index in [-0.39, 0.29) is 11.7 Å². The number of nitrogens with one attached hydrogen (secondary N) is 1. The van der Waals surface area contributed by atoms with Gasteiger partial charge in [-0.3, -0.25) is 0 Å². The number of hydrogen-bond acceptors (Lipinski definition) is 3. The van der Waals surface area contributed by atoms with Gasteiger partial charge in [-0.25, -0.2) is 17.5 Å². The Labute approximate surface area is 113 Å². The Hall–Kier alpha value is -1.14. The van der Waals surface area contributed by atoms with Gasteiger partial charge in [0.2, 0.25) is 10.0 Å². The van der Waals surface area contributed by atoms with E-state index in [1.165, 1.54) is 12.1 Å². The standard InChI is InChI=1S/C13H19FN2O2S/c1-9-5-7-10(8-6-9)16-19(17,18)13-11(14)3-2-4-12(13)15/h2-4,9-10,16H,5-8,15H2,1H3. The first-order chi connectivity index (χ1) is 8.90. The van der Waals surface area contributed by atoms with Crippen molar-refractivity contribution in [3.05, 3.63) is 24.0 Å². The second kappa shape index (κ2) is 5.46. The van der Waals surface area contributed by atoms with E-state index in [9.17, 15) is 12.8 Å². The molecule has 3 N–H and O–H groups in total. The third kappa shape index (κ3) is 3.25. The van der Waals surface area contributed by atoms with Gasteiger partial charge in [-0.05, 0) is 43.7 Å². The van der Waals surface area contributed by atoms with Crippen LogP contribution in [0.25, 0.3) is 0 Å². The first kappa shape index (κ1) is 14.3. The molecule has 1 fully saturated rings. The van der Waals surface area contributed by atoms with E-state index >= 15 is 0 Å². The Morgan fingerprint density at radius 2 is 1.89 bits per heavy atom. The zero-order chi connectivity index (χ0) is 14.0. The molecule has 0 bridgehead atoms. The normalized spacial score (nSPS) is 24.3. The second-order valence-corrected chi connectivity index (χ2v) is 6.89. The summed E-state index contributed by atoms with van der Waals surface area (Å²) in [5.41, 5.74) is 5.52. The van der Waals surface area contributed by atoms with Crippen LogP contribution in [0.3, 0.4) is 0 Å². The summed E-state index contributed by atoms with van der Waals surface area (Å²) in [5, 5.41) is 0. The van der Waals surface area contributed by atoms with E-state index in [0.717, 1.165) is 31.7 Å². The average Bonchev–Trinajstić information content (AvgIpc) is 2.31. The molecule has 1 saturated carbocycles. The van der Waals surface area contributed by atoms with E-state index in [2.05, 4.69) is 11.6 Å². The van der Waals surface area contributed by atoms with Crippen LogP contribution in [0, 0.1) is 11.7 Å². The molecule has 0 atom stereocenters. The van der Waals surface area contributed by atoms with Crippen LogP contribution in [-0.4, -0.2) is 14.5 Å². The number of hydrogen-bond donors (Lipinski definition) is 2. The number of benzene rings is 1. The fourth-order valence-corrected chi connectivity index (χ4v) is 3.96. The first-order valence-electron chi connectivity index (χ1n) is 6.46. The van der Waals surface area contributed by atoms with Crippen molar-refractivity contribution in [2.75, 3.05) is 5.73 Å². The number of nitrogens with two attached hydrogens (primary N) is 1. The largest absolute Gasteiger partial charge is 0.398 e. The summed E-state index contributed by atoms with van der Waals surface area (Å²) in [6.45, 7) is 2.15. The van der Waals surface area contributed by atoms with Gasteiger partial charge < -0.3 is 5.73 Å². The third-order valence-corrected chi connectivity index (χ3v) is 5.22. The molecule has 0 spiro atoms. The van der Waals surface area contributed by atoms with Gasteiger partial charge in [0.25, 0.3) is 0 Å². The maximum absolute atomic E-state index is 13.7. The fraction of sp³-hybridized carbons (Fsp3) is 0.538. The molecule has 6 heteroatoms. The van der Waals surface area contributed by atoms with Crippen molar-refractivity contribution in [1.29, 1.82) is 0 Å². The van der Waals surface area contributed by atoms with Crippen LogP contribution >= 0.6 is 0 Å². The summed E-state index contributed by atoms with van der Waals surface area (Å²) in [5.74, 6) is -0.184. The van der Waals surface area contributed by atoms with Crippen LogP contribution in [0.2, 0.25) is 0 Å². The summed E-state index contributed by atoms with van der Waals surface area (Å²) >= 11 is 0. The smallest absolute Gasteiger partial charge is 0.245 e. The molecule has 0 heterocycles. The quantitative estimate of drug-likeness (QED) is 0.837. The Morgan fingerprint density at radius 1 is 1.26 bits per heavy atom. The second-order valence-electron chi connectivity index (χ2n) is 5.24. The highest BCUT2D eigenvalue weighted by molar-refractivity contribution is 7.89. The van der Waals surface area contributed by atoms with Crippen LogP contribution < -0.4 is 10.5 Å². The van der Waals surface area contributed by atoms with E-state index in [4.69, 9.17) is 5.73 Å². The molecule has 2 rings (SSSR count). The Morgan fingerprint density at radius 3 is 2.47 bits per heavy atom. The minimum Gasteiger partial charge on any atom is -0.398 e. The number of rotatable bonds is 3. The van der Waals surface area contributed by atoms with Crippen LogP contribution in [-0.2, 0) is 10.0 Å². The highest BCUT2D eigenvalue weighted by Crippen LogP contribution is 2.26. The SMILES string of the molecule is CC1CCC(NS(=O)(=O)c2c(N)cccc2F)CC1. The molecule has 1 aromatic carbocycles. The highest BCUT2D eigenvalue weighted by Gasteiger charge is 2.27. The van der Waals surface area contributed by atoms with E-state index < -0.39 is 20.7 Å². The van der Waals surface area contributed by atoms with Gasteiger partial charge in [-0.2, -0.15) is 0 Å². The van der Waals surface area contributed by atoms with Crippen molar-refractivity contribution in [2.24, 2.45) is 5.92 Å². The first-order valence-corrected chi connectivity index (χ1v) is 7.95. The monoisotopic (exact) mass is 286 g/mol. The van der Waals surface area contributed by atoms with Gasteiger partial charge in [0.05, 0.1) is 5.69 Å². The zero-order valence-corrected chi connectivity index (χ0v) is 11.7. The molecule has 19 heavy (non-hydrogen) atoms. The van der Waals surface area contributed by atoms with E-state index in [1.54, 1.807) is 0 Å². The van der Waals surface area contributed by atoms with Crippen LogP contribution in [0.5, 0.6) is 0 Å². The van der Waals surface area contributed by atoms with Gasteiger partial charge in [-0.15, -0.1) is 0 Å². The topological polar surface area (TPSA) is 72.2 Å². The molecule has 4 nitrogen and oxygen atoms in total. The highest BCUT2D eigenvalue weighted by atomic mass is 32.2. The molecule has 1 aromatic rings.